The summed E-state index contributed by atoms with van der Waals surface area (Å²) < 4.78 is 0. The third kappa shape index (κ3) is 3.17. The zero-order valence-corrected chi connectivity index (χ0v) is 14.3. The molecule has 0 saturated carbocycles. The number of likely N-dealkylation sites (tertiary alicyclic amines) is 1. The van der Waals surface area contributed by atoms with Crippen molar-refractivity contribution in [1.82, 2.24) is 9.88 Å². The Labute approximate surface area is 141 Å². The normalized spacial score (nSPS) is 16.9. The summed E-state index contributed by atoms with van der Waals surface area (Å²) in [4.78, 5) is 7.38. The summed E-state index contributed by atoms with van der Waals surface area (Å²) in [7, 11) is 2.22. The molecule has 1 N–H and O–H groups in total. The van der Waals surface area contributed by atoms with Crippen molar-refractivity contribution >= 4 is 22.7 Å². The lowest BCUT2D eigenvalue weighted by molar-refractivity contribution is 0.256. The first-order chi connectivity index (χ1) is 11.3. The van der Waals surface area contributed by atoms with Crippen LogP contribution >= 0.6 is 11.8 Å². The van der Waals surface area contributed by atoms with Crippen LogP contribution in [0.3, 0.4) is 0 Å². The third-order valence-electron chi connectivity index (χ3n) is 4.79. The molecule has 1 aliphatic rings. The number of para-hydroxylation sites is 1. The number of H-pyrrole nitrogens is 1. The second-order valence-electron chi connectivity index (χ2n) is 6.44. The number of nitrogens with one attached hydrogen (secondary N) is 1. The fourth-order valence-electron chi connectivity index (χ4n) is 3.48. The van der Waals surface area contributed by atoms with Crippen LogP contribution in [-0.4, -0.2) is 30.0 Å². The van der Waals surface area contributed by atoms with Crippen LogP contribution in [0.2, 0.25) is 0 Å². The van der Waals surface area contributed by atoms with Gasteiger partial charge in [0.05, 0.1) is 5.03 Å². The van der Waals surface area contributed by atoms with Crippen molar-refractivity contribution in [2.24, 2.45) is 0 Å². The van der Waals surface area contributed by atoms with Crippen LogP contribution in [0, 0.1) is 0 Å². The summed E-state index contributed by atoms with van der Waals surface area (Å²) >= 11 is 1.81. The predicted octanol–water partition coefficient (Wildman–Crippen LogP) is 5.13. The minimum absolute atomic E-state index is 0.683. The van der Waals surface area contributed by atoms with Crippen LogP contribution in [0.15, 0.2) is 64.5 Å². The molecule has 2 aromatic carbocycles. The highest BCUT2D eigenvalue weighted by atomic mass is 32.2. The zero-order chi connectivity index (χ0) is 15.6. The van der Waals surface area contributed by atoms with E-state index in [1.807, 2.05) is 0 Å². The lowest BCUT2D eigenvalue weighted by Gasteiger charge is -2.29. The first-order valence-corrected chi connectivity index (χ1v) is 9.14. The molecule has 23 heavy (non-hydrogen) atoms. The number of hydrogen-bond donors (Lipinski definition) is 1. The van der Waals surface area contributed by atoms with Crippen LogP contribution in [0.1, 0.15) is 24.3 Å². The molecular formula is C20H22N2S. The van der Waals surface area contributed by atoms with Crippen LogP contribution in [0.4, 0.5) is 0 Å². The van der Waals surface area contributed by atoms with Gasteiger partial charge < -0.3 is 9.88 Å². The summed E-state index contributed by atoms with van der Waals surface area (Å²) in [6.07, 6.45) is 2.52. The topological polar surface area (TPSA) is 19.0 Å². The van der Waals surface area contributed by atoms with E-state index in [1.54, 1.807) is 11.8 Å². The van der Waals surface area contributed by atoms with Gasteiger partial charge in [0.25, 0.3) is 0 Å². The molecule has 1 aromatic heterocycles. The van der Waals surface area contributed by atoms with E-state index in [1.165, 1.54) is 52.3 Å². The molecule has 0 bridgehead atoms. The molecule has 2 heterocycles. The van der Waals surface area contributed by atoms with Gasteiger partial charge in [-0.15, -0.1) is 0 Å². The molecule has 3 aromatic rings. The maximum atomic E-state index is 3.67. The molecule has 1 saturated heterocycles. The lowest BCUT2D eigenvalue weighted by atomic mass is 9.88. The second-order valence-corrected chi connectivity index (χ2v) is 7.55. The smallest absolute Gasteiger partial charge is 0.0780 e. The summed E-state index contributed by atoms with van der Waals surface area (Å²) in [5.41, 5.74) is 2.83. The van der Waals surface area contributed by atoms with Gasteiger partial charge in [-0.3, -0.25) is 0 Å². The SMILES string of the molecule is CN1CCC(c2cccc3cc(Sc4ccccc4)[nH]c23)CC1. The highest BCUT2D eigenvalue weighted by Crippen LogP contribution is 2.35. The van der Waals surface area contributed by atoms with Gasteiger partial charge in [0.1, 0.15) is 0 Å². The second kappa shape index (κ2) is 6.42. The number of aromatic amines is 1. The Balaban J connectivity index is 1.65. The van der Waals surface area contributed by atoms with Crippen molar-refractivity contribution in [1.29, 1.82) is 0 Å². The molecular weight excluding hydrogens is 300 g/mol. The largest absolute Gasteiger partial charge is 0.349 e. The maximum absolute atomic E-state index is 3.67. The van der Waals surface area contributed by atoms with Gasteiger partial charge in [-0.1, -0.05) is 48.2 Å². The van der Waals surface area contributed by atoms with Crippen molar-refractivity contribution in [2.45, 2.75) is 28.7 Å². The Bertz CT molecular complexity index is 786. The van der Waals surface area contributed by atoms with Crippen molar-refractivity contribution < 1.29 is 0 Å². The standard InChI is InChI=1S/C20H22N2S/c1-22-12-10-15(11-13-22)18-9-5-6-16-14-19(21-20(16)18)23-17-7-3-2-4-8-17/h2-9,14-15,21H,10-13H2,1H3. The molecule has 118 valence electrons. The number of fused-ring (bicyclic) bond motifs is 1. The molecule has 4 rings (SSSR count). The van der Waals surface area contributed by atoms with Crippen LogP contribution in [0.25, 0.3) is 10.9 Å². The average Bonchev–Trinajstić information content (AvgIpc) is 2.99. The van der Waals surface area contributed by atoms with E-state index in [0.717, 1.165) is 0 Å². The van der Waals surface area contributed by atoms with Crippen LogP contribution < -0.4 is 0 Å². The Morgan fingerprint density at radius 1 is 1.00 bits per heavy atom. The highest BCUT2D eigenvalue weighted by molar-refractivity contribution is 7.99. The average molecular weight is 322 g/mol. The predicted molar refractivity (Wildman–Crippen MR) is 98.3 cm³/mol. The minimum atomic E-state index is 0.683. The Kier molecular flexibility index (Phi) is 4.15. The van der Waals surface area contributed by atoms with Crippen LogP contribution in [0.5, 0.6) is 0 Å². The molecule has 1 aliphatic heterocycles. The quantitative estimate of drug-likeness (QED) is 0.721. The van der Waals surface area contributed by atoms with E-state index < -0.39 is 0 Å². The zero-order valence-electron chi connectivity index (χ0n) is 13.5. The van der Waals surface area contributed by atoms with Gasteiger partial charge in [-0.2, -0.15) is 0 Å². The van der Waals surface area contributed by atoms with Gasteiger partial charge >= 0.3 is 0 Å². The number of nitrogens with zero attached hydrogens (tertiary/aromatic N) is 1. The summed E-state index contributed by atoms with van der Waals surface area (Å²) in [5, 5.41) is 2.56. The Morgan fingerprint density at radius 2 is 1.78 bits per heavy atom. The summed E-state index contributed by atoms with van der Waals surface area (Å²) in [6.45, 7) is 2.40. The van der Waals surface area contributed by atoms with Crippen molar-refractivity contribution in [3.05, 3.63) is 60.2 Å². The van der Waals surface area contributed by atoms with Gasteiger partial charge in [0.15, 0.2) is 0 Å². The van der Waals surface area contributed by atoms with Crippen molar-refractivity contribution in [2.75, 3.05) is 20.1 Å². The van der Waals surface area contributed by atoms with E-state index in [9.17, 15) is 0 Å². The minimum Gasteiger partial charge on any atom is -0.349 e. The molecule has 0 amide bonds. The number of aromatic nitrogens is 1. The first kappa shape index (κ1) is 14.9. The molecule has 0 radical (unpaired) electrons. The first-order valence-electron chi connectivity index (χ1n) is 8.33. The summed E-state index contributed by atoms with van der Waals surface area (Å²) in [6, 6.07) is 19.6. The van der Waals surface area contributed by atoms with E-state index in [4.69, 9.17) is 0 Å². The summed E-state index contributed by atoms with van der Waals surface area (Å²) in [5.74, 6) is 0.683. The van der Waals surface area contributed by atoms with Gasteiger partial charge in [0.2, 0.25) is 0 Å². The van der Waals surface area contributed by atoms with E-state index >= 15 is 0 Å². The van der Waals surface area contributed by atoms with E-state index in [0.29, 0.717) is 5.92 Å². The van der Waals surface area contributed by atoms with Crippen molar-refractivity contribution in [3.8, 4) is 0 Å². The molecule has 0 spiro atoms. The maximum Gasteiger partial charge on any atom is 0.0780 e. The molecule has 1 fully saturated rings. The third-order valence-corrected chi connectivity index (χ3v) is 5.74. The molecule has 0 atom stereocenters. The Hall–Kier alpha value is -1.71. The number of rotatable bonds is 3. The fraction of sp³-hybridized carbons (Fsp3) is 0.300. The monoisotopic (exact) mass is 322 g/mol. The fourth-order valence-corrected chi connectivity index (χ4v) is 4.37. The number of benzene rings is 2. The molecule has 2 nitrogen and oxygen atoms in total. The number of hydrogen-bond acceptors (Lipinski definition) is 2. The van der Waals surface area contributed by atoms with E-state index in [2.05, 4.69) is 71.5 Å². The van der Waals surface area contributed by atoms with Gasteiger partial charge in [-0.05, 0) is 62.7 Å². The Morgan fingerprint density at radius 3 is 2.57 bits per heavy atom. The van der Waals surface area contributed by atoms with E-state index in [-0.39, 0.29) is 0 Å². The van der Waals surface area contributed by atoms with Crippen LogP contribution in [-0.2, 0) is 0 Å². The molecule has 0 unspecified atom stereocenters. The van der Waals surface area contributed by atoms with Crippen molar-refractivity contribution in [3.63, 3.8) is 0 Å². The molecule has 0 aliphatic carbocycles. The lowest BCUT2D eigenvalue weighted by Crippen LogP contribution is -2.29. The van der Waals surface area contributed by atoms with Gasteiger partial charge in [0, 0.05) is 15.8 Å². The van der Waals surface area contributed by atoms with Gasteiger partial charge in [-0.25, -0.2) is 0 Å². The number of piperidine rings is 1. The highest BCUT2D eigenvalue weighted by Gasteiger charge is 2.20. The molecule has 3 heteroatoms.